The highest BCUT2D eigenvalue weighted by molar-refractivity contribution is 7.09. The number of guanidine groups is 1. The summed E-state index contributed by atoms with van der Waals surface area (Å²) in [7, 11) is 0. The maximum Gasteiger partial charge on any atom is 0.191 e. The highest BCUT2D eigenvalue weighted by Crippen LogP contribution is 2.09. The predicted octanol–water partition coefficient (Wildman–Crippen LogP) is 2.15. The van der Waals surface area contributed by atoms with E-state index in [0.717, 1.165) is 45.2 Å². The largest absolute Gasteiger partial charge is 0.357 e. The van der Waals surface area contributed by atoms with Crippen LogP contribution >= 0.6 is 11.3 Å². The van der Waals surface area contributed by atoms with Gasteiger partial charge in [-0.2, -0.15) is 0 Å². The summed E-state index contributed by atoms with van der Waals surface area (Å²) in [5, 5.41) is 8.75. The number of nitrogens with zero attached hydrogens (tertiary/aromatic N) is 2. The van der Waals surface area contributed by atoms with Crippen LogP contribution in [0, 0.1) is 0 Å². The molecular weight excluding hydrogens is 256 g/mol. The monoisotopic (exact) mass is 282 g/mol. The summed E-state index contributed by atoms with van der Waals surface area (Å²) < 4.78 is 0. The summed E-state index contributed by atoms with van der Waals surface area (Å²) in [5.74, 6) is 0.906. The third kappa shape index (κ3) is 6.59. The Morgan fingerprint density at radius 2 is 2.05 bits per heavy atom. The smallest absolute Gasteiger partial charge is 0.191 e. The molecule has 4 nitrogen and oxygen atoms in total. The topological polar surface area (TPSA) is 39.7 Å². The number of aliphatic imine (C=N–C) groups is 1. The van der Waals surface area contributed by atoms with Crippen LogP contribution in [-0.4, -0.2) is 43.6 Å². The zero-order chi connectivity index (χ0) is 13.9. The molecule has 1 aromatic rings. The number of hydrogen-bond donors (Lipinski definition) is 2. The van der Waals surface area contributed by atoms with Crippen LogP contribution in [0.25, 0.3) is 0 Å². The number of hydrogen-bond acceptors (Lipinski definition) is 3. The van der Waals surface area contributed by atoms with Crippen molar-refractivity contribution in [1.82, 2.24) is 15.5 Å². The van der Waals surface area contributed by atoms with Crippen molar-refractivity contribution in [2.24, 2.45) is 4.99 Å². The summed E-state index contributed by atoms with van der Waals surface area (Å²) in [6.07, 6.45) is 0. The van der Waals surface area contributed by atoms with Crippen molar-refractivity contribution in [1.29, 1.82) is 0 Å². The SMILES string of the molecule is CCNC(=NCc1cccs1)NCCN(CC)CC. The van der Waals surface area contributed by atoms with Gasteiger partial charge in [0, 0.05) is 24.5 Å². The van der Waals surface area contributed by atoms with Gasteiger partial charge in [-0.05, 0) is 31.5 Å². The Bertz CT molecular complexity index is 344. The van der Waals surface area contributed by atoms with Crippen molar-refractivity contribution < 1.29 is 0 Å². The second kappa shape index (κ2) is 9.81. The molecule has 0 aliphatic heterocycles. The molecule has 2 N–H and O–H groups in total. The maximum atomic E-state index is 4.59. The van der Waals surface area contributed by atoms with Gasteiger partial charge in [0.2, 0.25) is 0 Å². The second-order valence-corrected chi connectivity index (χ2v) is 5.26. The molecule has 1 rings (SSSR count). The maximum absolute atomic E-state index is 4.59. The Balaban J connectivity index is 2.37. The van der Waals surface area contributed by atoms with Crippen molar-refractivity contribution in [2.75, 3.05) is 32.7 Å². The van der Waals surface area contributed by atoms with E-state index in [4.69, 9.17) is 0 Å². The van der Waals surface area contributed by atoms with Gasteiger partial charge in [-0.1, -0.05) is 19.9 Å². The third-order valence-electron chi connectivity index (χ3n) is 2.93. The minimum absolute atomic E-state index is 0.748. The molecule has 0 radical (unpaired) electrons. The molecule has 108 valence electrons. The van der Waals surface area contributed by atoms with Crippen molar-refractivity contribution in [3.8, 4) is 0 Å². The van der Waals surface area contributed by atoms with Gasteiger partial charge in [-0.15, -0.1) is 11.3 Å². The molecule has 0 unspecified atom stereocenters. The summed E-state index contributed by atoms with van der Waals surface area (Å²) in [6, 6.07) is 4.18. The Morgan fingerprint density at radius 3 is 2.63 bits per heavy atom. The molecule has 5 heteroatoms. The molecule has 0 bridgehead atoms. The average Bonchev–Trinajstić information content (AvgIpc) is 2.94. The minimum atomic E-state index is 0.748. The molecule has 0 spiro atoms. The van der Waals surface area contributed by atoms with Crippen LogP contribution in [0.3, 0.4) is 0 Å². The van der Waals surface area contributed by atoms with Crippen molar-refractivity contribution in [3.63, 3.8) is 0 Å². The number of nitrogens with one attached hydrogen (secondary N) is 2. The molecule has 1 heterocycles. The average molecular weight is 282 g/mol. The Kier molecular flexibility index (Phi) is 8.25. The van der Waals surface area contributed by atoms with Crippen molar-refractivity contribution in [2.45, 2.75) is 27.3 Å². The standard InChI is InChI=1S/C14H26N4S/c1-4-15-14(16-9-10-18(5-2)6-3)17-12-13-8-7-11-19-13/h7-8,11H,4-6,9-10,12H2,1-3H3,(H2,15,16,17). The van der Waals surface area contributed by atoms with Gasteiger partial charge < -0.3 is 15.5 Å². The Morgan fingerprint density at radius 1 is 1.26 bits per heavy atom. The lowest BCUT2D eigenvalue weighted by Gasteiger charge is -2.19. The zero-order valence-corrected chi connectivity index (χ0v) is 13.1. The molecular formula is C14H26N4S. The van der Waals surface area contributed by atoms with E-state index in [1.165, 1.54) is 4.88 Å². The number of rotatable bonds is 8. The van der Waals surface area contributed by atoms with Gasteiger partial charge in [-0.25, -0.2) is 4.99 Å². The third-order valence-corrected chi connectivity index (χ3v) is 3.79. The van der Waals surface area contributed by atoms with E-state index in [2.05, 4.69) is 58.8 Å². The van der Waals surface area contributed by atoms with Crippen LogP contribution < -0.4 is 10.6 Å². The molecule has 0 saturated heterocycles. The zero-order valence-electron chi connectivity index (χ0n) is 12.3. The minimum Gasteiger partial charge on any atom is -0.357 e. The molecule has 0 saturated carbocycles. The van der Waals surface area contributed by atoms with E-state index in [0.29, 0.717) is 0 Å². The van der Waals surface area contributed by atoms with Gasteiger partial charge in [0.05, 0.1) is 6.54 Å². The van der Waals surface area contributed by atoms with E-state index in [-0.39, 0.29) is 0 Å². The summed E-state index contributed by atoms with van der Waals surface area (Å²) >= 11 is 1.75. The fourth-order valence-corrected chi connectivity index (χ4v) is 2.40. The normalized spacial score (nSPS) is 11.9. The first-order valence-electron chi connectivity index (χ1n) is 7.07. The summed E-state index contributed by atoms with van der Waals surface area (Å²) in [5.41, 5.74) is 0. The highest BCUT2D eigenvalue weighted by Gasteiger charge is 2.01. The second-order valence-electron chi connectivity index (χ2n) is 4.23. The highest BCUT2D eigenvalue weighted by atomic mass is 32.1. The van der Waals surface area contributed by atoms with Crippen LogP contribution in [0.4, 0.5) is 0 Å². The molecule has 0 aromatic carbocycles. The van der Waals surface area contributed by atoms with Gasteiger partial charge in [0.1, 0.15) is 0 Å². The van der Waals surface area contributed by atoms with Gasteiger partial charge >= 0.3 is 0 Å². The van der Waals surface area contributed by atoms with Crippen LogP contribution in [0.15, 0.2) is 22.5 Å². The first kappa shape index (κ1) is 16.0. The van der Waals surface area contributed by atoms with Crippen LogP contribution in [-0.2, 0) is 6.54 Å². The summed E-state index contributed by atoms with van der Waals surface area (Å²) in [4.78, 5) is 8.28. The molecule has 0 aliphatic carbocycles. The first-order valence-corrected chi connectivity index (χ1v) is 7.95. The fraction of sp³-hybridized carbons (Fsp3) is 0.643. The summed E-state index contributed by atoms with van der Waals surface area (Å²) in [6.45, 7) is 12.3. The van der Waals surface area contributed by atoms with E-state index in [9.17, 15) is 0 Å². The Hall–Kier alpha value is -1.07. The molecule has 1 aromatic heterocycles. The van der Waals surface area contributed by atoms with Gasteiger partial charge in [-0.3, -0.25) is 0 Å². The van der Waals surface area contributed by atoms with E-state index < -0.39 is 0 Å². The van der Waals surface area contributed by atoms with Crippen LogP contribution in [0.1, 0.15) is 25.6 Å². The predicted molar refractivity (Wildman–Crippen MR) is 84.9 cm³/mol. The van der Waals surface area contributed by atoms with Crippen molar-refractivity contribution in [3.05, 3.63) is 22.4 Å². The lowest BCUT2D eigenvalue weighted by atomic mass is 10.4. The van der Waals surface area contributed by atoms with Gasteiger partial charge in [0.25, 0.3) is 0 Å². The van der Waals surface area contributed by atoms with E-state index in [1.807, 2.05) is 0 Å². The number of thiophene rings is 1. The van der Waals surface area contributed by atoms with E-state index in [1.54, 1.807) is 11.3 Å². The van der Waals surface area contributed by atoms with Crippen LogP contribution in [0.5, 0.6) is 0 Å². The molecule has 0 aliphatic rings. The molecule has 0 amide bonds. The lowest BCUT2D eigenvalue weighted by Crippen LogP contribution is -2.41. The molecule has 0 atom stereocenters. The quantitative estimate of drug-likeness (QED) is 0.567. The van der Waals surface area contributed by atoms with Gasteiger partial charge in [0.15, 0.2) is 5.96 Å². The van der Waals surface area contributed by atoms with Crippen LogP contribution in [0.2, 0.25) is 0 Å². The molecule has 0 fully saturated rings. The fourth-order valence-electron chi connectivity index (χ4n) is 1.77. The molecule has 19 heavy (non-hydrogen) atoms. The lowest BCUT2D eigenvalue weighted by molar-refractivity contribution is 0.308. The Labute approximate surface area is 120 Å². The number of likely N-dealkylation sites (N-methyl/N-ethyl adjacent to an activating group) is 1. The van der Waals surface area contributed by atoms with Crippen molar-refractivity contribution >= 4 is 17.3 Å². The first-order chi connectivity index (χ1) is 9.30. The van der Waals surface area contributed by atoms with E-state index >= 15 is 0 Å².